The number of aromatic nitrogens is 3. The number of nitrogens with zero attached hydrogens (tertiary/aromatic N) is 3. The van der Waals surface area contributed by atoms with Crippen LogP contribution in [0.1, 0.15) is 55.3 Å². The number of ketones is 1. The van der Waals surface area contributed by atoms with E-state index in [1.807, 2.05) is 13.8 Å². The first kappa shape index (κ1) is 24.1. The van der Waals surface area contributed by atoms with Crippen LogP contribution in [0.3, 0.4) is 0 Å². The molecule has 2 aromatic heterocycles. The van der Waals surface area contributed by atoms with Gasteiger partial charge in [0.05, 0.1) is 13.2 Å². The van der Waals surface area contributed by atoms with Crippen molar-refractivity contribution in [3.8, 4) is 17.0 Å². The fraction of sp³-hybridized carbons (Fsp3) is 0.400. The highest BCUT2D eigenvalue weighted by atomic mass is 32.2. The third-order valence-electron chi connectivity index (χ3n) is 6.07. The highest BCUT2D eigenvalue weighted by Gasteiger charge is 2.29. The number of pyridine rings is 1. The SMILES string of the molecule is COc1cc(-c2c(C)c(F)cc(C(C)C)c2CC(=O)CS(=O)(=O)c2ccn(C3CC3)n2)ccn1. The molecule has 0 amide bonds. The van der Waals surface area contributed by atoms with Gasteiger partial charge in [0.15, 0.2) is 10.8 Å². The Labute approximate surface area is 198 Å². The van der Waals surface area contributed by atoms with Crippen LogP contribution in [0, 0.1) is 12.7 Å². The van der Waals surface area contributed by atoms with E-state index in [1.54, 1.807) is 36.1 Å². The molecule has 1 saturated carbocycles. The van der Waals surface area contributed by atoms with Crippen molar-refractivity contribution in [2.75, 3.05) is 12.9 Å². The Morgan fingerprint density at radius 2 is 2.00 bits per heavy atom. The molecule has 0 aliphatic heterocycles. The van der Waals surface area contributed by atoms with Crippen molar-refractivity contribution in [2.24, 2.45) is 0 Å². The Hall–Kier alpha value is -3.07. The molecule has 34 heavy (non-hydrogen) atoms. The van der Waals surface area contributed by atoms with Crippen molar-refractivity contribution in [1.29, 1.82) is 0 Å². The van der Waals surface area contributed by atoms with Crippen molar-refractivity contribution >= 4 is 15.6 Å². The molecule has 0 atom stereocenters. The van der Waals surface area contributed by atoms with Crippen molar-refractivity contribution in [3.05, 3.63) is 59.2 Å². The molecular formula is C25H28FN3O4S. The number of carbonyl (C=O) groups excluding carboxylic acids is 1. The van der Waals surface area contributed by atoms with Crippen LogP contribution in [-0.4, -0.2) is 41.8 Å². The van der Waals surface area contributed by atoms with Crippen molar-refractivity contribution in [3.63, 3.8) is 0 Å². The lowest BCUT2D eigenvalue weighted by molar-refractivity contribution is -0.116. The van der Waals surface area contributed by atoms with Gasteiger partial charge in [0.2, 0.25) is 15.7 Å². The molecule has 0 saturated heterocycles. The van der Waals surface area contributed by atoms with E-state index in [4.69, 9.17) is 4.74 Å². The van der Waals surface area contributed by atoms with Gasteiger partial charge in [-0.05, 0) is 71.7 Å². The topological polar surface area (TPSA) is 91.2 Å². The molecule has 7 nitrogen and oxygen atoms in total. The average molecular weight is 486 g/mol. The molecule has 1 aromatic carbocycles. The largest absolute Gasteiger partial charge is 0.481 e. The Bertz CT molecular complexity index is 1340. The van der Waals surface area contributed by atoms with Crippen LogP contribution >= 0.6 is 0 Å². The summed E-state index contributed by atoms with van der Waals surface area (Å²) in [6, 6.07) is 6.54. The monoisotopic (exact) mass is 485 g/mol. The molecule has 9 heteroatoms. The van der Waals surface area contributed by atoms with Crippen LogP contribution in [-0.2, 0) is 21.1 Å². The quantitative estimate of drug-likeness (QED) is 0.445. The second-order valence-corrected chi connectivity index (χ2v) is 10.9. The van der Waals surface area contributed by atoms with Crippen LogP contribution < -0.4 is 4.74 Å². The molecular weight excluding hydrogens is 457 g/mol. The van der Waals surface area contributed by atoms with Gasteiger partial charge in [-0.1, -0.05) is 13.8 Å². The first-order valence-corrected chi connectivity index (χ1v) is 12.9. The number of rotatable bonds is 9. The molecule has 1 aliphatic rings. The first-order chi connectivity index (χ1) is 16.1. The molecule has 0 unspecified atom stereocenters. The number of halogens is 1. The number of hydrogen-bond donors (Lipinski definition) is 0. The molecule has 3 aromatic rings. The zero-order chi connectivity index (χ0) is 24.6. The summed E-state index contributed by atoms with van der Waals surface area (Å²) in [5.41, 5.74) is 2.88. The number of sulfone groups is 1. The summed E-state index contributed by atoms with van der Waals surface area (Å²) in [6.07, 6.45) is 5.01. The van der Waals surface area contributed by atoms with E-state index in [0.29, 0.717) is 33.7 Å². The summed E-state index contributed by atoms with van der Waals surface area (Å²) >= 11 is 0. The number of methoxy groups -OCH3 is 1. The van der Waals surface area contributed by atoms with E-state index in [-0.39, 0.29) is 29.2 Å². The van der Waals surface area contributed by atoms with Gasteiger partial charge in [-0.2, -0.15) is 5.10 Å². The van der Waals surface area contributed by atoms with E-state index in [9.17, 15) is 17.6 Å². The number of benzene rings is 1. The number of hydrogen-bond acceptors (Lipinski definition) is 6. The van der Waals surface area contributed by atoms with Crippen molar-refractivity contribution < 1.29 is 22.3 Å². The van der Waals surface area contributed by atoms with Gasteiger partial charge in [0.1, 0.15) is 11.6 Å². The first-order valence-electron chi connectivity index (χ1n) is 11.2. The van der Waals surface area contributed by atoms with Gasteiger partial charge in [-0.25, -0.2) is 17.8 Å². The third kappa shape index (κ3) is 4.89. The predicted octanol–water partition coefficient (Wildman–Crippen LogP) is 4.45. The highest BCUT2D eigenvalue weighted by molar-refractivity contribution is 7.92. The summed E-state index contributed by atoms with van der Waals surface area (Å²) in [6.45, 7) is 5.48. The molecule has 180 valence electrons. The average Bonchev–Trinajstić information content (AvgIpc) is 3.51. The molecule has 0 radical (unpaired) electrons. The maximum Gasteiger partial charge on any atom is 0.213 e. The van der Waals surface area contributed by atoms with Gasteiger partial charge < -0.3 is 4.74 Å². The summed E-state index contributed by atoms with van der Waals surface area (Å²) in [4.78, 5) is 17.2. The van der Waals surface area contributed by atoms with E-state index >= 15 is 0 Å². The molecule has 2 heterocycles. The van der Waals surface area contributed by atoms with Gasteiger partial charge in [-0.3, -0.25) is 9.48 Å². The van der Waals surface area contributed by atoms with Crippen LogP contribution in [0.25, 0.3) is 11.1 Å². The summed E-state index contributed by atoms with van der Waals surface area (Å²) in [7, 11) is -2.40. The Morgan fingerprint density at radius 1 is 1.26 bits per heavy atom. The summed E-state index contributed by atoms with van der Waals surface area (Å²) < 4.78 is 47.6. The van der Waals surface area contributed by atoms with Gasteiger partial charge >= 0.3 is 0 Å². The standard InChI is InChI=1S/C25H28FN3O4S/c1-15(2)20-13-22(26)16(3)25(17-7-9-27-23(11-17)33-4)21(20)12-19(30)14-34(31,32)24-8-10-29(28-24)18-5-6-18/h7-11,13,15,18H,5-6,12,14H2,1-4H3. The predicted molar refractivity (Wildman–Crippen MR) is 126 cm³/mol. The fourth-order valence-electron chi connectivity index (χ4n) is 4.16. The minimum atomic E-state index is -3.89. The molecule has 1 aliphatic carbocycles. The minimum absolute atomic E-state index is 0.0776. The van der Waals surface area contributed by atoms with Gasteiger partial charge in [0.25, 0.3) is 0 Å². The number of ether oxygens (including phenoxy) is 1. The van der Waals surface area contributed by atoms with E-state index < -0.39 is 21.4 Å². The van der Waals surface area contributed by atoms with Gasteiger partial charge in [0, 0.05) is 24.9 Å². The Morgan fingerprint density at radius 3 is 2.65 bits per heavy atom. The molecule has 0 spiro atoms. The molecule has 4 rings (SSSR count). The normalized spacial score (nSPS) is 13.9. The minimum Gasteiger partial charge on any atom is -0.481 e. The van der Waals surface area contributed by atoms with Crippen molar-refractivity contribution in [2.45, 2.75) is 57.0 Å². The van der Waals surface area contributed by atoms with Crippen LogP contribution in [0.2, 0.25) is 0 Å². The zero-order valence-electron chi connectivity index (χ0n) is 19.7. The zero-order valence-corrected chi connectivity index (χ0v) is 20.5. The van der Waals surface area contributed by atoms with E-state index in [0.717, 1.165) is 12.8 Å². The number of Topliss-reactive ketones (excluding diaryl/α,β-unsaturated/α-hetero) is 1. The van der Waals surface area contributed by atoms with Gasteiger partial charge in [-0.15, -0.1) is 0 Å². The maximum absolute atomic E-state index is 14.9. The molecule has 1 fully saturated rings. The van der Waals surface area contributed by atoms with Crippen LogP contribution in [0.4, 0.5) is 4.39 Å². The fourth-order valence-corrected chi connectivity index (χ4v) is 5.32. The van der Waals surface area contributed by atoms with Crippen molar-refractivity contribution in [1.82, 2.24) is 14.8 Å². The summed E-state index contributed by atoms with van der Waals surface area (Å²) in [5, 5.41) is 4.07. The Kier molecular flexibility index (Phi) is 6.58. The maximum atomic E-state index is 14.9. The van der Waals surface area contributed by atoms with Crippen LogP contribution in [0.15, 0.2) is 41.7 Å². The van der Waals surface area contributed by atoms with Crippen LogP contribution in [0.5, 0.6) is 5.88 Å². The lowest BCUT2D eigenvalue weighted by Crippen LogP contribution is -2.20. The summed E-state index contributed by atoms with van der Waals surface area (Å²) in [5.74, 6) is -1.24. The van der Waals surface area contributed by atoms with E-state index in [1.165, 1.54) is 19.2 Å². The number of carbonyl (C=O) groups is 1. The second kappa shape index (κ2) is 9.29. The third-order valence-corrected chi connectivity index (χ3v) is 7.63. The lowest BCUT2D eigenvalue weighted by atomic mass is 9.85. The molecule has 0 bridgehead atoms. The lowest BCUT2D eigenvalue weighted by Gasteiger charge is -2.20. The molecule has 0 N–H and O–H groups in total. The highest BCUT2D eigenvalue weighted by Crippen LogP contribution is 2.37. The second-order valence-electron chi connectivity index (χ2n) is 9.01. The Balaban J connectivity index is 1.70. The smallest absolute Gasteiger partial charge is 0.213 e. The van der Waals surface area contributed by atoms with E-state index in [2.05, 4.69) is 10.1 Å².